The van der Waals surface area contributed by atoms with Crippen LogP contribution in [-0.2, 0) is 11.2 Å². The van der Waals surface area contributed by atoms with Gasteiger partial charge in [0.05, 0.1) is 12.7 Å². The summed E-state index contributed by atoms with van der Waals surface area (Å²) in [5, 5.41) is 0. The topological polar surface area (TPSA) is 39.2 Å². The van der Waals surface area contributed by atoms with Crippen LogP contribution in [0, 0.1) is 0 Å². The molecule has 1 aromatic heterocycles. The molecule has 0 aliphatic heterocycles. The van der Waals surface area contributed by atoms with Crippen molar-refractivity contribution in [1.82, 2.24) is 4.98 Å². The van der Waals surface area contributed by atoms with E-state index in [4.69, 9.17) is 0 Å². The minimum Gasteiger partial charge on any atom is -0.465 e. The largest absolute Gasteiger partial charge is 0.465 e. The lowest BCUT2D eigenvalue weighted by atomic mass is 10.1. The Bertz CT molecular complexity index is 516. The minimum absolute atomic E-state index is 0.390. The molecule has 0 spiro atoms. The third kappa shape index (κ3) is 6.65. The van der Waals surface area contributed by atoms with E-state index in [1.54, 1.807) is 18.2 Å². The van der Waals surface area contributed by atoms with Crippen molar-refractivity contribution in [3.05, 3.63) is 65.8 Å². The van der Waals surface area contributed by atoms with Gasteiger partial charge in [-0.15, -0.1) is 0 Å². The smallest absolute Gasteiger partial charge is 0.339 e. The second-order valence-electron chi connectivity index (χ2n) is 3.80. The van der Waals surface area contributed by atoms with Crippen LogP contribution in [-0.4, -0.2) is 18.1 Å². The van der Waals surface area contributed by atoms with Gasteiger partial charge in [0, 0.05) is 18.3 Å². The summed E-state index contributed by atoms with van der Waals surface area (Å²) in [6.45, 7) is 9.18. The van der Waals surface area contributed by atoms with Crippen molar-refractivity contribution < 1.29 is 13.9 Å². The standard InChI is InChI=1S/C15H16FNO2.C2H6/c1-4-11(8-13(16)5-2)9-14-7-6-12(10-17-14)15(18)19-3;1-2/h4-8,10H,2,9H2,1,3H3;1-2H3/b11-4+,13-8+;. The molecular formula is C17H22FNO2. The molecule has 0 aromatic carbocycles. The Kier molecular flexibility index (Phi) is 9.43. The predicted octanol–water partition coefficient (Wildman–Crippen LogP) is 4.42. The molecule has 0 aliphatic rings. The molecule has 0 N–H and O–H groups in total. The van der Waals surface area contributed by atoms with Crippen molar-refractivity contribution in [2.45, 2.75) is 27.2 Å². The van der Waals surface area contributed by atoms with Crippen LogP contribution < -0.4 is 0 Å². The highest BCUT2D eigenvalue weighted by atomic mass is 19.1. The number of ether oxygens (including phenoxy) is 1. The Labute approximate surface area is 125 Å². The Morgan fingerprint density at radius 1 is 1.43 bits per heavy atom. The van der Waals surface area contributed by atoms with Gasteiger partial charge in [0.15, 0.2) is 0 Å². The van der Waals surface area contributed by atoms with Gasteiger partial charge in [-0.1, -0.05) is 26.5 Å². The fourth-order valence-corrected chi connectivity index (χ4v) is 1.45. The van der Waals surface area contributed by atoms with Gasteiger partial charge in [0.1, 0.15) is 5.83 Å². The van der Waals surface area contributed by atoms with Crippen molar-refractivity contribution in [3.63, 3.8) is 0 Å². The highest BCUT2D eigenvalue weighted by Crippen LogP contribution is 2.12. The van der Waals surface area contributed by atoms with Crippen LogP contribution >= 0.6 is 0 Å². The molecule has 0 atom stereocenters. The van der Waals surface area contributed by atoms with Gasteiger partial charge < -0.3 is 4.74 Å². The number of halogens is 1. The van der Waals surface area contributed by atoms with Gasteiger partial charge in [-0.3, -0.25) is 4.98 Å². The third-order valence-corrected chi connectivity index (χ3v) is 2.52. The summed E-state index contributed by atoms with van der Waals surface area (Å²) in [4.78, 5) is 15.4. The van der Waals surface area contributed by atoms with Crippen molar-refractivity contribution in [2.75, 3.05) is 7.11 Å². The highest BCUT2D eigenvalue weighted by molar-refractivity contribution is 5.88. The number of carbonyl (C=O) groups excluding carboxylic acids is 1. The first-order chi connectivity index (χ1) is 10.1. The first-order valence-electron chi connectivity index (χ1n) is 6.78. The van der Waals surface area contributed by atoms with Crippen LogP contribution in [0.4, 0.5) is 4.39 Å². The third-order valence-electron chi connectivity index (χ3n) is 2.52. The minimum atomic E-state index is -0.428. The van der Waals surface area contributed by atoms with Crippen LogP contribution in [0.2, 0.25) is 0 Å². The van der Waals surface area contributed by atoms with Crippen molar-refractivity contribution in [2.24, 2.45) is 0 Å². The summed E-state index contributed by atoms with van der Waals surface area (Å²) < 4.78 is 17.7. The lowest BCUT2D eigenvalue weighted by molar-refractivity contribution is 0.0600. The quantitative estimate of drug-likeness (QED) is 0.595. The van der Waals surface area contributed by atoms with Crippen LogP contribution in [0.15, 0.2) is 54.5 Å². The molecule has 4 heteroatoms. The van der Waals surface area contributed by atoms with E-state index < -0.39 is 5.97 Å². The highest BCUT2D eigenvalue weighted by Gasteiger charge is 2.06. The van der Waals surface area contributed by atoms with Crippen molar-refractivity contribution in [1.29, 1.82) is 0 Å². The molecule has 3 nitrogen and oxygen atoms in total. The molecule has 0 aliphatic carbocycles. The molecule has 1 heterocycles. The van der Waals surface area contributed by atoms with Crippen LogP contribution in [0.3, 0.4) is 0 Å². The molecule has 0 radical (unpaired) electrons. The van der Waals surface area contributed by atoms with Crippen molar-refractivity contribution in [3.8, 4) is 0 Å². The number of hydrogen-bond donors (Lipinski definition) is 0. The number of carbonyl (C=O) groups is 1. The maximum Gasteiger partial charge on any atom is 0.339 e. The second-order valence-corrected chi connectivity index (χ2v) is 3.80. The fourth-order valence-electron chi connectivity index (χ4n) is 1.45. The summed E-state index contributed by atoms with van der Waals surface area (Å²) in [5.74, 6) is -0.817. The number of esters is 1. The monoisotopic (exact) mass is 291 g/mol. The normalized spacial score (nSPS) is 11.3. The molecule has 114 valence electrons. The van der Waals surface area contributed by atoms with Gasteiger partial charge in [-0.25, -0.2) is 9.18 Å². The molecule has 1 aromatic rings. The Morgan fingerprint density at radius 2 is 2.10 bits per heavy atom. The van der Waals surface area contributed by atoms with Crippen LogP contribution in [0.25, 0.3) is 0 Å². The van der Waals surface area contributed by atoms with E-state index in [0.29, 0.717) is 12.0 Å². The maximum atomic E-state index is 13.1. The van der Waals surface area contributed by atoms with Gasteiger partial charge >= 0.3 is 5.97 Å². The van der Waals surface area contributed by atoms with Crippen LogP contribution in [0.5, 0.6) is 0 Å². The lowest BCUT2D eigenvalue weighted by Crippen LogP contribution is -2.02. The summed E-state index contributed by atoms with van der Waals surface area (Å²) in [6, 6.07) is 3.35. The zero-order valence-corrected chi connectivity index (χ0v) is 13.0. The summed E-state index contributed by atoms with van der Waals surface area (Å²) in [6.07, 6.45) is 6.29. The molecule has 21 heavy (non-hydrogen) atoms. The van der Waals surface area contributed by atoms with E-state index in [-0.39, 0.29) is 5.83 Å². The van der Waals surface area contributed by atoms with Gasteiger partial charge in [0.25, 0.3) is 0 Å². The van der Waals surface area contributed by atoms with Gasteiger partial charge in [-0.05, 0) is 36.8 Å². The number of aromatic nitrogens is 1. The predicted molar refractivity (Wildman–Crippen MR) is 83.8 cm³/mol. The van der Waals surface area contributed by atoms with E-state index in [1.165, 1.54) is 19.4 Å². The van der Waals surface area contributed by atoms with E-state index in [0.717, 1.165) is 17.3 Å². The second kappa shape index (κ2) is 10.5. The Hall–Kier alpha value is -2.23. The van der Waals surface area contributed by atoms with Crippen molar-refractivity contribution >= 4 is 5.97 Å². The number of pyridine rings is 1. The first kappa shape index (κ1) is 18.8. The average Bonchev–Trinajstić information content (AvgIpc) is 2.55. The molecule has 0 unspecified atom stereocenters. The number of allylic oxidation sites excluding steroid dienone is 5. The number of hydrogen-bond acceptors (Lipinski definition) is 3. The average molecular weight is 291 g/mol. The SMILES string of the molecule is C=C/C(F)=C\C(=C/C)Cc1ccc(C(=O)OC)cn1.CC. The Balaban J connectivity index is 0.00000191. The molecular weight excluding hydrogens is 269 g/mol. The zero-order valence-electron chi connectivity index (χ0n) is 13.0. The number of nitrogens with zero attached hydrogens (tertiary/aromatic N) is 1. The van der Waals surface area contributed by atoms with E-state index in [2.05, 4.69) is 16.3 Å². The number of rotatable bonds is 5. The fraction of sp³-hybridized carbons (Fsp3) is 0.294. The number of methoxy groups -OCH3 is 1. The van der Waals surface area contributed by atoms with E-state index >= 15 is 0 Å². The molecule has 0 fully saturated rings. The van der Waals surface area contributed by atoms with Gasteiger partial charge in [0.2, 0.25) is 0 Å². The first-order valence-corrected chi connectivity index (χ1v) is 6.78. The summed E-state index contributed by atoms with van der Waals surface area (Å²) >= 11 is 0. The van der Waals surface area contributed by atoms with Crippen LogP contribution in [0.1, 0.15) is 36.8 Å². The molecule has 0 saturated heterocycles. The Morgan fingerprint density at radius 3 is 2.52 bits per heavy atom. The molecule has 0 bridgehead atoms. The summed E-state index contributed by atoms with van der Waals surface area (Å²) in [5.41, 5.74) is 1.92. The van der Waals surface area contributed by atoms with E-state index in [9.17, 15) is 9.18 Å². The molecule has 0 saturated carbocycles. The van der Waals surface area contributed by atoms with E-state index in [1.807, 2.05) is 20.8 Å². The summed E-state index contributed by atoms with van der Waals surface area (Å²) in [7, 11) is 1.32. The zero-order chi connectivity index (χ0) is 16.3. The van der Waals surface area contributed by atoms with Gasteiger partial charge in [-0.2, -0.15) is 0 Å². The maximum absolute atomic E-state index is 13.1. The lowest BCUT2D eigenvalue weighted by Gasteiger charge is -2.03. The molecule has 1 rings (SSSR count). The molecule has 0 amide bonds.